The van der Waals surface area contributed by atoms with E-state index in [0.717, 1.165) is 0 Å². The van der Waals surface area contributed by atoms with Crippen molar-refractivity contribution >= 4 is 23.0 Å². The second-order valence-corrected chi connectivity index (χ2v) is 3.64. The van der Waals surface area contributed by atoms with Crippen LogP contribution in [-0.2, 0) is 0 Å². The maximum absolute atomic E-state index is 13.6. The molecule has 5 nitrogen and oxygen atoms in total. The minimum atomic E-state index is -0.409. The molecule has 0 amide bonds. The summed E-state index contributed by atoms with van der Waals surface area (Å²) in [6.07, 6.45) is 0. The van der Waals surface area contributed by atoms with Crippen molar-refractivity contribution in [3.8, 4) is 5.75 Å². The van der Waals surface area contributed by atoms with Gasteiger partial charge in [0.15, 0.2) is 0 Å². The van der Waals surface area contributed by atoms with Crippen molar-refractivity contribution in [2.45, 2.75) is 0 Å². The van der Waals surface area contributed by atoms with Crippen LogP contribution < -0.4 is 21.5 Å². The molecule has 0 radical (unpaired) electrons. The van der Waals surface area contributed by atoms with E-state index in [9.17, 15) is 4.39 Å². The maximum atomic E-state index is 13.6. The molecule has 0 spiro atoms. The third kappa shape index (κ3) is 2.42. The predicted molar refractivity (Wildman–Crippen MR) is 69.3 cm³/mol. The number of nitrogens with one attached hydrogen (secondary N) is 1. The quantitative estimate of drug-likeness (QED) is 0.774. The van der Waals surface area contributed by atoms with Crippen LogP contribution in [0.1, 0.15) is 0 Å². The molecule has 6 heteroatoms. The van der Waals surface area contributed by atoms with Crippen LogP contribution in [0, 0.1) is 5.82 Å². The Balaban J connectivity index is 2.30. The third-order valence-corrected chi connectivity index (χ3v) is 2.39. The summed E-state index contributed by atoms with van der Waals surface area (Å²) in [4.78, 5) is 4.00. The summed E-state index contributed by atoms with van der Waals surface area (Å²) in [7, 11) is 1.51. The molecule has 0 unspecified atom stereocenters. The molecule has 18 heavy (non-hydrogen) atoms. The van der Waals surface area contributed by atoms with Crippen LogP contribution >= 0.6 is 0 Å². The molecule has 1 aromatic heterocycles. The number of ether oxygens (including phenoxy) is 1. The van der Waals surface area contributed by atoms with Gasteiger partial charge in [-0.2, -0.15) is 0 Å². The van der Waals surface area contributed by atoms with Crippen molar-refractivity contribution < 1.29 is 9.13 Å². The van der Waals surface area contributed by atoms with Crippen molar-refractivity contribution in [2.24, 2.45) is 0 Å². The molecule has 2 aromatic rings. The van der Waals surface area contributed by atoms with Crippen molar-refractivity contribution in [1.29, 1.82) is 0 Å². The van der Waals surface area contributed by atoms with Crippen molar-refractivity contribution in [2.75, 3.05) is 23.9 Å². The first kappa shape index (κ1) is 12.0. The van der Waals surface area contributed by atoms with Gasteiger partial charge in [-0.3, -0.25) is 0 Å². The molecule has 1 heterocycles. The van der Waals surface area contributed by atoms with Crippen molar-refractivity contribution in [3.05, 3.63) is 36.1 Å². The Kier molecular flexibility index (Phi) is 3.18. The van der Waals surface area contributed by atoms with Gasteiger partial charge >= 0.3 is 0 Å². The highest BCUT2D eigenvalue weighted by molar-refractivity contribution is 5.66. The number of halogens is 1. The van der Waals surface area contributed by atoms with Crippen LogP contribution in [0.3, 0.4) is 0 Å². The third-order valence-electron chi connectivity index (χ3n) is 2.39. The fourth-order valence-corrected chi connectivity index (χ4v) is 1.42. The zero-order valence-electron chi connectivity index (χ0n) is 9.77. The molecule has 0 saturated carbocycles. The molecule has 0 bridgehead atoms. The lowest BCUT2D eigenvalue weighted by Gasteiger charge is -2.09. The monoisotopic (exact) mass is 248 g/mol. The van der Waals surface area contributed by atoms with Crippen molar-refractivity contribution in [1.82, 2.24) is 4.98 Å². The predicted octanol–water partition coefficient (Wildman–Crippen LogP) is 2.14. The number of benzene rings is 1. The fourth-order valence-electron chi connectivity index (χ4n) is 1.42. The Morgan fingerprint density at radius 2 is 2.00 bits per heavy atom. The number of methoxy groups -OCH3 is 1. The molecule has 0 aliphatic heterocycles. The maximum Gasteiger partial charge on any atom is 0.149 e. The Hall–Kier alpha value is -2.50. The first-order chi connectivity index (χ1) is 8.60. The van der Waals surface area contributed by atoms with E-state index >= 15 is 0 Å². The number of nitrogen functional groups attached to an aromatic ring is 2. The molecule has 94 valence electrons. The second-order valence-electron chi connectivity index (χ2n) is 3.64. The van der Waals surface area contributed by atoms with E-state index in [1.807, 2.05) is 0 Å². The SMILES string of the molecule is COc1ccc(F)c(Nc2ccc(N)c(N)n2)c1. The van der Waals surface area contributed by atoms with E-state index < -0.39 is 5.82 Å². The van der Waals surface area contributed by atoms with Gasteiger partial charge in [-0.25, -0.2) is 9.37 Å². The summed E-state index contributed by atoms with van der Waals surface area (Å²) in [5.74, 6) is 0.743. The van der Waals surface area contributed by atoms with E-state index in [1.54, 1.807) is 12.1 Å². The van der Waals surface area contributed by atoms with Gasteiger partial charge in [0.2, 0.25) is 0 Å². The molecular formula is C12H13FN4O. The van der Waals surface area contributed by atoms with E-state index in [-0.39, 0.29) is 11.5 Å². The summed E-state index contributed by atoms with van der Waals surface area (Å²) in [5, 5.41) is 2.81. The van der Waals surface area contributed by atoms with E-state index in [4.69, 9.17) is 16.2 Å². The number of nitrogens with two attached hydrogens (primary N) is 2. The van der Waals surface area contributed by atoms with E-state index in [1.165, 1.54) is 25.3 Å². The number of anilines is 4. The van der Waals surface area contributed by atoms with E-state index in [0.29, 0.717) is 17.3 Å². The van der Waals surface area contributed by atoms with Gasteiger partial charge in [-0.15, -0.1) is 0 Å². The highest BCUT2D eigenvalue weighted by atomic mass is 19.1. The lowest BCUT2D eigenvalue weighted by molar-refractivity contribution is 0.414. The average molecular weight is 248 g/mol. The first-order valence-corrected chi connectivity index (χ1v) is 5.22. The van der Waals surface area contributed by atoms with Gasteiger partial charge in [0.05, 0.1) is 18.5 Å². The van der Waals surface area contributed by atoms with Gasteiger partial charge in [0.1, 0.15) is 23.2 Å². The minimum absolute atomic E-state index is 0.198. The number of hydrogen-bond acceptors (Lipinski definition) is 5. The lowest BCUT2D eigenvalue weighted by Crippen LogP contribution is -2.02. The summed E-state index contributed by atoms with van der Waals surface area (Å²) >= 11 is 0. The van der Waals surface area contributed by atoms with Crippen LogP contribution in [0.4, 0.5) is 27.4 Å². The molecule has 0 aliphatic rings. The zero-order valence-corrected chi connectivity index (χ0v) is 9.77. The van der Waals surface area contributed by atoms with Gasteiger partial charge in [-0.05, 0) is 24.3 Å². The number of aromatic nitrogens is 1. The number of rotatable bonds is 3. The Bertz CT molecular complexity index is 574. The fraction of sp³-hybridized carbons (Fsp3) is 0.0833. The van der Waals surface area contributed by atoms with Gasteiger partial charge in [0.25, 0.3) is 0 Å². The molecule has 0 fully saturated rings. The van der Waals surface area contributed by atoms with Crippen LogP contribution in [-0.4, -0.2) is 12.1 Å². The molecular weight excluding hydrogens is 235 g/mol. The first-order valence-electron chi connectivity index (χ1n) is 5.22. The van der Waals surface area contributed by atoms with Crippen LogP contribution in [0.2, 0.25) is 0 Å². The average Bonchev–Trinajstić information content (AvgIpc) is 2.36. The smallest absolute Gasteiger partial charge is 0.149 e. The number of hydrogen-bond donors (Lipinski definition) is 3. The Morgan fingerprint density at radius 1 is 1.22 bits per heavy atom. The number of pyridine rings is 1. The number of nitrogens with zero attached hydrogens (tertiary/aromatic N) is 1. The topological polar surface area (TPSA) is 86.2 Å². The second kappa shape index (κ2) is 4.79. The highest BCUT2D eigenvalue weighted by Gasteiger charge is 2.06. The summed E-state index contributed by atoms with van der Waals surface area (Å²) in [5.41, 5.74) is 11.8. The van der Waals surface area contributed by atoms with Gasteiger partial charge in [-0.1, -0.05) is 0 Å². The summed E-state index contributed by atoms with van der Waals surface area (Å²) in [6, 6.07) is 7.59. The van der Waals surface area contributed by atoms with Crippen LogP contribution in [0.5, 0.6) is 5.75 Å². The molecule has 0 atom stereocenters. The molecule has 1 aromatic carbocycles. The zero-order chi connectivity index (χ0) is 13.1. The van der Waals surface area contributed by atoms with Gasteiger partial charge < -0.3 is 21.5 Å². The Morgan fingerprint density at radius 3 is 2.67 bits per heavy atom. The van der Waals surface area contributed by atoms with E-state index in [2.05, 4.69) is 10.3 Å². The summed E-state index contributed by atoms with van der Waals surface area (Å²) in [6.45, 7) is 0. The normalized spacial score (nSPS) is 10.1. The molecule has 0 saturated heterocycles. The lowest BCUT2D eigenvalue weighted by atomic mass is 10.2. The van der Waals surface area contributed by atoms with Crippen LogP contribution in [0.25, 0.3) is 0 Å². The molecule has 5 N–H and O–H groups in total. The largest absolute Gasteiger partial charge is 0.497 e. The van der Waals surface area contributed by atoms with Gasteiger partial charge in [0, 0.05) is 6.07 Å². The minimum Gasteiger partial charge on any atom is -0.497 e. The van der Waals surface area contributed by atoms with Crippen molar-refractivity contribution in [3.63, 3.8) is 0 Å². The summed E-state index contributed by atoms with van der Waals surface area (Å²) < 4.78 is 18.6. The molecule has 2 rings (SSSR count). The standard InChI is InChI=1S/C12H13FN4O/c1-18-7-2-3-8(13)10(6-7)16-11-5-4-9(14)12(15)17-11/h2-6H,14H2,1H3,(H3,15,16,17). The Labute approximate surface area is 104 Å². The van der Waals surface area contributed by atoms with Crippen LogP contribution in [0.15, 0.2) is 30.3 Å². The molecule has 0 aliphatic carbocycles. The highest BCUT2D eigenvalue weighted by Crippen LogP contribution is 2.25.